The van der Waals surface area contributed by atoms with Crippen LogP contribution in [0, 0.1) is 5.92 Å². The maximum absolute atomic E-state index is 13.9. The average Bonchev–Trinajstić information content (AvgIpc) is 3.24. The highest BCUT2D eigenvalue weighted by molar-refractivity contribution is 5.95. The molecule has 1 aliphatic rings. The summed E-state index contributed by atoms with van der Waals surface area (Å²) >= 11 is 0. The Bertz CT molecular complexity index is 1600. The molecule has 20 heteroatoms. The third-order valence-electron chi connectivity index (χ3n) is 10.8. The lowest BCUT2D eigenvalue weighted by Gasteiger charge is -2.30. The van der Waals surface area contributed by atoms with Crippen LogP contribution in [-0.2, 0) is 54.3 Å². The number of amides is 4. The quantitative estimate of drug-likeness (QED) is 0.0516. The first kappa shape index (κ1) is 53.0. The molecule has 1 fully saturated rings. The second-order valence-electron chi connectivity index (χ2n) is 15.6. The Balaban J connectivity index is 2.15. The minimum absolute atomic E-state index is 0.0302. The second-order valence-corrected chi connectivity index (χ2v) is 15.6. The van der Waals surface area contributed by atoms with Gasteiger partial charge in [0.15, 0.2) is 0 Å². The van der Waals surface area contributed by atoms with Crippen molar-refractivity contribution < 1.29 is 58.0 Å². The topological polar surface area (TPSA) is 257 Å². The van der Waals surface area contributed by atoms with Crippen LogP contribution in [0.3, 0.4) is 0 Å². The molecule has 348 valence electrons. The van der Waals surface area contributed by atoms with Gasteiger partial charge in [0.2, 0.25) is 23.6 Å². The monoisotopic (exact) mass is 876 g/mol. The number of esters is 2. The number of likely N-dealkylation sites (N-methyl/N-ethyl adjacent to an activating group) is 3. The lowest BCUT2D eigenvalue weighted by molar-refractivity contribution is -0.143. The molecule has 0 spiro atoms. The molecule has 0 aliphatic heterocycles. The summed E-state index contributed by atoms with van der Waals surface area (Å²) in [6.07, 6.45) is 4.39. The maximum Gasteiger partial charge on any atom is 0.319 e. The highest BCUT2D eigenvalue weighted by Gasteiger charge is 2.33. The molecule has 62 heavy (non-hydrogen) atoms. The summed E-state index contributed by atoms with van der Waals surface area (Å²) in [5.41, 5.74) is 0.812. The van der Waals surface area contributed by atoms with Crippen LogP contribution in [0.4, 0.5) is 0 Å². The number of benzene rings is 1. The van der Waals surface area contributed by atoms with Gasteiger partial charge in [0.25, 0.3) is 0 Å². The molecule has 0 saturated heterocycles. The highest BCUT2D eigenvalue weighted by atomic mass is 16.5. The van der Waals surface area contributed by atoms with Crippen molar-refractivity contribution in [2.24, 2.45) is 5.92 Å². The molecule has 6 N–H and O–H groups in total. The van der Waals surface area contributed by atoms with Crippen LogP contribution in [0.15, 0.2) is 30.3 Å². The van der Waals surface area contributed by atoms with Crippen LogP contribution in [0.5, 0.6) is 0 Å². The van der Waals surface area contributed by atoms with E-state index in [-0.39, 0.29) is 71.1 Å². The molecule has 3 atom stereocenters. The van der Waals surface area contributed by atoms with Crippen LogP contribution in [0.25, 0.3) is 0 Å². The average molecular weight is 877 g/mol. The van der Waals surface area contributed by atoms with E-state index in [9.17, 15) is 48.6 Å². The van der Waals surface area contributed by atoms with Gasteiger partial charge in [0, 0.05) is 52.7 Å². The molecule has 1 aliphatic carbocycles. The zero-order valence-electron chi connectivity index (χ0n) is 36.9. The van der Waals surface area contributed by atoms with Crippen molar-refractivity contribution in [1.29, 1.82) is 0 Å². The third kappa shape index (κ3) is 21.6. The van der Waals surface area contributed by atoms with Gasteiger partial charge in [-0.25, -0.2) is 0 Å². The molecular weight excluding hydrogens is 809 g/mol. The van der Waals surface area contributed by atoms with E-state index >= 15 is 0 Å². The van der Waals surface area contributed by atoms with Gasteiger partial charge in [-0.05, 0) is 31.5 Å². The Morgan fingerprint density at radius 3 is 1.77 bits per heavy atom. The number of hydrogen-bond donors (Lipinski definition) is 6. The van der Waals surface area contributed by atoms with E-state index in [2.05, 4.69) is 26.0 Å². The number of nitrogens with zero attached hydrogens (tertiary/aromatic N) is 4. The van der Waals surface area contributed by atoms with Gasteiger partial charge in [-0.2, -0.15) is 0 Å². The predicted molar refractivity (Wildman–Crippen MR) is 228 cm³/mol. The van der Waals surface area contributed by atoms with E-state index in [0.717, 1.165) is 37.7 Å². The van der Waals surface area contributed by atoms with E-state index in [1.54, 1.807) is 33.6 Å². The Morgan fingerprint density at radius 2 is 1.21 bits per heavy atom. The number of carbonyl (C=O) groups excluding carboxylic acids is 6. The fraction of sp³-hybridized carbons (Fsp3) is 0.667. The van der Waals surface area contributed by atoms with Crippen LogP contribution in [-0.4, -0.2) is 196 Å². The van der Waals surface area contributed by atoms with Gasteiger partial charge in [-0.3, -0.25) is 58.0 Å². The highest BCUT2D eigenvalue weighted by Crippen LogP contribution is 2.27. The summed E-state index contributed by atoms with van der Waals surface area (Å²) in [7, 11) is 5.70. The summed E-state index contributed by atoms with van der Waals surface area (Å²) in [6.45, 7) is 3.31. The summed E-state index contributed by atoms with van der Waals surface area (Å²) in [5.74, 6) is -5.76. The first-order valence-electron chi connectivity index (χ1n) is 21.2. The van der Waals surface area contributed by atoms with Crippen molar-refractivity contribution >= 4 is 47.5 Å². The molecule has 1 aromatic carbocycles. The number of methoxy groups -OCH3 is 2. The standard InChI is InChI=1S/C42H68N8O12/c1-6-48(19-20-50(29-39(57)62-5)22-21-49(27-37(54)55)18-17-47(3)28-38(56)61-4)26-35(51)44-34(25-36(52)53)42(60)46-33(24-31-15-11-8-12-16-31)41(59)45-32(40(58)43-2)23-30-13-9-7-10-14-30/h7,9-10,13-14,31-34H,6,8,11-12,15-29H2,1-5H3,(H,43,58)(H,44,51)(H,45,59)(H,46,60)(H,52,53)(H,54,55)/t32?,33-,34-/m0/s1. The lowest BCUT2D eigenvalue weighted by Crippen LogP contribution is -2.58. The molecular formula is C42H68N8O12. The molecule has 0 radical (unpaired) electrons. The third-order valence-corrected chi connectivity index (χ3v) is 10.8. The first-order chi connectivity index (χ1) is 29.6. The van der Waals surface area contributed by atoms with E-state index < -0.39 is 72.1 Å². The molecule has 1 saturated carbocycles. The van der Waals surface area contributed by atoms with Crippen LogP contribution in [0.1, 0.15) is 57.4 Å². The number of aliphatic carboxylic acids is 2. The van der Waals surface area contributed by atoms with Crippen molar-refractivity contribution in [2.75, 3.05) is 100 Å². The van der Waals surface area contributed by atoms with E-state index in [1.165, 1.54) is 21.3 Å². The van der Waals surface area contributed by atoms with Crippen LogP contribution in [0.2, 0.25) is 0 Å². The smallest absolute Gasteiger partial charge is 0.319 e. The number of hydrogen-bond acceptors (Lipinski definition) is 14. The molecule has 0 bridgehead atoms. The number of nitrogens with one attached hydrogen (secondary N) is 4. The molecule has 1 unspecified atom stereocenters. The number of rotatable bonds is 30. The number of ether oxygens (including phenoxy) is 2. The first-order valence-corrected chi connectivity index (χ1v) is 21.2. The fourth-order valence-electron chi connectivity index (χ4n) is 7.16. The molecule has 1 aromatic rings. The van der Waals surface area contributed by atoms with E-state index in [0.29, 0.717) is 19.6 Å². The van der Waals surface area contributed by atoms with E-state index in [1.807, 2.05) is 30.3 Å². The Morgan fingerprint density at radius 1 is 0.661 bits per heavy atom. The van der Waals surface area contributed by atoms with Gasteiger partial charge in [0.05, 0.1) is 46.8 Å². The Labute approximate surface area is 364 Å². The van der Waals surface area contributed by atoms with Crippen molar-refractivity contribution in [3.63, 3.8) is 0 Å². The normalized spacial score (nSPS) is 14.5. The van der Waals surface area contributed by atoms with Crippen LogP contribution >= 0.6 is 0 Å². The summed E-state index contributed by atoms with van der Waals surface area (Å²) in [4.78, 5) is 108. The zero-order valence-corrected chi connectivity index (χ0v) is 36.9. The maximum atomic E-state index is 13.9. The molecule has 20 nitrogen and oxygen atoms in total. The molecule has 0 aromatic heterocycles. The minimum Gasteiger partial charge on any atom is -0.481 e. The van der Waals surface area contributed by atoms with Gasteiger partial charge < -0.3 is 41.0 Å². The zero-order chi connectivity index (χ0) is 46.0. The van der Waals surface area contributed by atoms with Crippen molar-refractivity contribution in [3.8, 4) is 0 Å². The summed E-state index contributed by atoms with van der Waals surface area (Å²) in [5, 5.41) is 29.9. The fourth-order valence-corrected chi connectivity index (χ4v) is 7.16. The van der Waals surface area contributed by atoms with Crippen LogP contribution < -0.4 is 21.3 Å². The largest absolute Gasteiger partial charge is 0.481 e. The SMILES string of the molecule is CCN(CCN(CCN(CCN(C)CC(=O)OC)CC(=O)O)CC(=O)OC)CC(=O)N[C@@H](CC(=O)O)C(=O)N[C@@H](CC1CCCCC1)C(=O)NC(Cc1ccccc1)C(=O)NC. The number of carboxylic acids is 2. The second kappa shape index (κ2) is 29.2. The van der Waals surface area contributed by atoms with E-state index in [4.69, 9.17) is 4.74 Å². The minimum atomic E-state index is -1.53. The Kier molecular flexibility index (Phi) is 24.9. The number of carbonyl (C=O) groups is 8. The van der Waals surface area contributed by atoms with Crippen molar-refractivity contribution in [3.05, 3.63) is 35.9 Å². The summed E-state index contributed by atoms with van der Waals surface area (Å²) < 4.78 is 9.56. The van der Waals surface area contributed by atoms with Crippen molar-refractivity contribution in [1.82, 2.24) is 40.9 Å². The Hall–Kier alpha value is -5.18. The summed E-state index contributed by atoms with van der Waals surface area (Å²) in [6, 6.07) is 5.56. The number of carboxylic acid groups (broad SMARTS) is 2. The van der Waals surface area contributed by atoms with Gasteiger partial charge >= 0.3 is 23.9 Å². The van der Waals surface area contributed by atoms with Gasteiger partial charge in [0.1, 0.15) is 18.1 Å². The van der Waals surface area contributed by atoms with Gasteiger partial charge in [-0.15, -0.1) is 0 Å². The predicted octanol–water partition coefficient (Wildman–Crippen LogP) is -0.837. The van der Waals surface area contributed by atoms with Crippen molar-refractivity contribution in [2.45, 2.75) is 76.4 Å². The molecule has 4 amide bonds. The molecule has 0 heterocycles. The lowest BCUT2D eigenvalue weighted by atomic mass is 9.84. The van der Waals surface area contributed by atoms with Gasteiger partial charge in [-0.1, -0.05) is 69.4 Å². The molecule has 2 rings (SSSR count).